The van der Waals surface area contributed by atoms with Crippen molar-refractivity contribution in [2.75, 3.05) is 13.6 Å². The molecule has 1 unspecified atom stereocenters. The summed E-state index contributed by atoms with van der Waals surface area (Å²) in [6, 6.07) is 5.45. The molecule has 1 atom stereocenters. The number of rotatable bonds is 5. The fourth-order valence-corrected chi connectivity index (χ4v) is 2.10. The van der Waals surface area contributed by atoms with Gasteiger partial charge in [0.1, 0.15) is 5.52 Å². The lowest BCUT2D eigenvalue weighted by molar-refractivity contribution is 0.0916. The summed E-state index contributed by atoms with van der Waals surface area (Å²) < 4.78 is 5.45. The maximum Gasteiger partial charge on any atom is 0.192 e. The van der Waals surface area contributed by atoms with Crippen molar-refractivity contribution in [3.8, 4) is 0 Å². The average Bonchev–Trinajstić information content (AvgIpc) is 2.74. The molecule has 0 saturated heterocycles. The Morgan fingerprint density at radius 3 is 2.94 bits per heavy atom. The number of hydrogen-bond acceptors (Lipinski definition) is 4. The summed E-state index contributed by atoms with van der Waals surface area (Å²) in [7, 11) is 1.86. The van der Waals surface area contributed by atoms with Gasteiger partial charge in [-0.15, -0.1) is 0 Å². The van der Waals surface area contributed by atoms with Crippen LogP contribution in [0, 0.1) is 12.8 Å². The van der Waals surface area contributed by atoms with E-state index in [0.29, 0.717) is 23.6 Å². The van der Waals surface area contributed by atoms with Crippen LogP contribution < -0.4 is 5.32 Å². The summed E-state index contributed by atoms with van der Waals surface area (Å²) in [6.45, 7) is 4.52. The molecule has 0 bridgehead atoms. The lowest BCUT2D eigenvalue weighted by Gasteiger charge is -2.12. The minimum atomic E-state index is 0.0106. The Morgan fingerprint density at radius 2 is 2.28 bits per heavy atom. The molecule has 0 aliphatic heterocycles. The number of aromatic nitrogens is 1. The number of nitrogens with zero attached hydrogens (tertiary/aromatic N) is 1. The molecule has 18 heavy (non-hydrogen) atoms. The van der Waals surface area contributed by atoms with E-state index in [1.165, 1.54) is 0 Å². The van der Waals surface area contributed by atoms with E-state index in [9.17, 15) is 4.79 Å². The van der Waals surface area contributed by atoms with E-state index in [2.05, 4.69) is 10.3 Å². The van der Waals surface area contributed by atoms with E-state index in [1.54, 1.807) is 13.0 Å². The van der Waals surface area contributed by atoms with Crippen molar-refractivity contribution in [3.05, 3.63) is 29.7 Å². The predicted octanol–water partition coefficient (Wildman–Crippen LogP) is 2.56. The van der Waals surface area contributed by atoms with E-state index in [0.717, 1.165) is 11.9 Å². The molecule has 4 nitrogen and oxygen atoms in total. The number of oxazole rings is 1. The Kier molecular flexibility index (Phi) is 3.77. The maximum atomic E-state index is 12.3. The van der Waals surface area contributed by atoms with Crippen LogP contribution >= 0.6 is 0 Å². The van der Waals surface area contributed by atoms with E-state index in [4.69, 9.17) is 4.42 Å². The molecule has 2 rings (SSSR count). The van der Waals surface area contributed by atoms with E-state index in [1.807, 2.05) is 26.1 Å². The van der Waals surface area contributed by atoms with Crippen LogP contribution in [0.3, 0.4) is 0 Å². The average molecular weight is 246 g/mol. The minimum Gasteiger partial charge on any atom is -0.441 e. The summed E-state index contributed by atoms with van der Waals surface area (Å²) in [5.41, 5.74) is 2.17. The molecule has 1 heterocycles. The highest BCUT2D eigenvalue weighted by Crippen LogP contribution is 2.19. The summed E-state index contributed by atoms with van der Waals surface area (Å²) >= 11 is 0. The van der Waals surface area contributed by atoms with Crippen LogP contribution in [0.1, 0.15) is 29.6 Å². The number of Topliss-reactive ketones (excluding diaryl/α,β-unsaturated/α-hetero) is 1. The molecule has 0 aliphatic rings. The van der Waals surface area contributed by atoms with Crippen LogP contribution in [0.4, 0.5) is 0 Å². The van der Waals surface area contributed by atoms with Gasteiger partial charge in [0.05, 0.1) is 0 Å². The van der Waals surface area contributed by atoms with Gasteiger partial charge in [-0.3, -0.25) is 4.79 Å². The van der Waals surface area contributed by atoms with Gasteiger partial charge in [0, 0.05) is 24.9 Å². The third kappa shape index (κ3) is 2.43. The SMILES string of the molecule is CCC(CNC)C(=O)c1ccc2nc(C)oc2c1. The second kappa shape index (κ2) is 5.31. The number of hydrogen-bond donors (Lipinski definition) is 1. The van der Waals surface area contributed by atoms with Gasteiger partial charge in [0.2, 0.25) is 0 Å². The van der Waals surface area contributed by atoms with Crippen LogP contribution in [-0.4, -0.2) is 24.4 Å². The van der Waals surface area contributed by atoms with Crippen LogP contribution in [0.25, 0.3) is 11.1 Å². The third-order valence-corrected chi connectivity index (χ3v) is 3.09. The fourth-order valence-electron chi connectivity index (χ4n) is 2.10. The molecule has 0 spiro atoms. The molecule has 0 aliphatic carbocycles. The van der Waals surface area contributed by atoms with Gasteiger partial charge in [0.25, 0.3) is 0 Å². The first-order valence-corrected chi connectivity index (χ1v) is 6.21. The number of ketones is 1. The summed E-state index contributed by atoms with van der Waals surface area (Å²) in [5.74, 6) is 0.788. The first kappa shape index (κ1) is 12.8. The number of benzene rings is 1. The third-order valence-electron chi connectivity index (χ3n) is 3.09. The number of fused-ring (bicyclic) bond motifs is 1. The molecule has 1 aromatic heterocycles. The van der Waals surface area contributed by atoms with Crippen LogP contribution in [0.2, 0.25) is 0 Å². The highest BCUT2D eigenvalue weighted by Gasteiger charge is 2.18. The van der Waals surface area contributed by atoms with Gasteiger partial charge in [-0.1, -0.05) is 6.92 Å². The quantitative estimate of drug-likeness (QED) is 0.824. The topological polar surface area (TPSA) is 55.1 Å². The molecule has 1 N–H and O–H groups in total. The van der Waals surface area contributed by atoms with Gasteiger partial charge in [-0.25, -0.2) is 4.98 Å². The largest absolute Gasteiger partial charge is 0.441 e. The van der Waals surface area contributed by atoms with Crippen LogP contribution in [0.15, 0.2) is 22.6 Å². The Morgan fingerprint density at radius 1 is 1.50 bits per heavy atom. The molecule has 0 amide bonds. The van der Waals surface area contributed by atoms with Crippen molar-refractivity contribution < 1.29 is 9.21 Å². The number of aryl methyl sites for hydroxylation is 1. The van der Waals surface area contributed by atoms with Crippen molar-refractivity contribution >= 4 is 16.9 Å². The monoisotopic (exact) mass is 246 g/mol. The van der Waals surface area contributed by atoms with Gasteiger partial charge >= 0.3 is 0 Å². The van der Waals surface area contributed by atoms with Gasteiger partial charge in [-0.05, 0) is 31.7 Å². The van der Waals surface area contributed by atoms with Crippen molar-refractivity contribution in [2.24, 2.45) is 5.92 Å². The van der Waals surface area contributed by atoms with Crippen molar-refractivity contribution in [1.82, 2.24) is 10.3 Å². The molecule has 0 fully saturated rings. The van der Waals surface area contributed by atoms with Crippen LogP contribution in [0.5, 0.6) is 0 Å². The van der Waals surface area contributed by atoms with Gasteiger partial charge < -0.3 is 9.73 Å². The molecular weight excluding hydrogens is 228 g/mol. The van der Waals surface area contributed by atoms with Crippen molar-refractivity contribution in [1.29, 1.82) is 0 Å². The lowest BCUT2D eigenvalue weighted by Crippen LogP contribution is -2.25. The zero-order valence-corrected chi connectivity index (χ0v) is 11.0. The maximum absolute atomic E-state index is 12.3. The van der Waals surface area contributed by atoms with Crippen molar-refractivity contribution in [2.45, 2.75) is 20.3 Å². The predicted molar refractivity (Wildman–Crippen MR) is 70.8 cm³/mol. The second-order valence-electron chi connectivity index (χ2n) is 4.44. The Bertz CT molecular complexity index is 560. The smallest absolute Gasteiger partial charge is 0.192 e. The molecule has 1 aromatic carbocycles. The summed E-state index contributed by atoms with van der Waals surface area (Å²) in [6.07, 6.45) is 0.827. The Balaban J connectivity index is 2.32. The number of carbonyl (C=O) groups is 1. The number of nitrogens with one attached hydrogen (secondary N) is 1. The minimum absolute atomic E-state index is 0.0106. The standard InChI is InChI=1S/C14H18N2O2/c1-4-10(8-15-3)14(17)11-5-6-12-13(7-11)18-9(2)16-12/h5-7,10,15H,4,8H2,1-3H3. The molecule has 4 heteroatoms. The van der Waals surface area contributed by atoms with E-state index >= 15 is 0 Å². The Hall–Kier alpha value is -1.68. The summed E-state index contributed by atoms with van der Waals surface area (Å²) in [5, 5.41) is 3.05. The number of carbonyl (C=O) groups excluding carboxylic acids is 1. The molecule has 0 saturated carbocycles. The zero-order valence-electron chi connectivity index (χ0n) is 11.0. The van der Waals surface area contributed by atoms with Crippen molar-refractivity contribution in [3.63, 3.8) is 0 Å². The molecule has 0 radical (unpaired) electrons. The first-order chi connectivity index (χ1) is 8.65. The van der Waals surface area contributed by atoms with E-state index in [-0.39, 0.29) is 11.7 Å². The first-order valence-electron chi connectivity index (χ1n) is 6.21. The second-order valence-corrected chi connectivity index (χ2v) is 4.44. The normalized spacial score (nSPS) is 12.8. The van der Waals surface area contributed by atoms with Crippen LogP contribution in [-0.2, 0) is 0 Å². The fraction of sp³-hybridized carbons (Fsp3) is 0.429. The van der Waals surface area contributed by atoms with E-state index < -0.39 is 0 Å². The van der Waals surface area contributed by atoms with Gasteiger partial charge in [-0.2, -0.15) is 0 Å². The summed E-state index contributed by atoms with van der Waals surface area (Å²) in [4.78, 5) is 16.5. The molecule has 96 valence electrons. The zero-order chi connectivity index (χ0) is 13.1. The lowest BCUT2D eigenvalue weighted by atomic mass is 9.95. The highest BCUT2D eigenvalue weighted by atomic mass is 16.3. The molecular formula is C14H18N2O2. The Labute approximate surface area is 106 Å². The highest BCUT2D eigenvalue weighted by molar-refractivity contribution is 6.00. The van der Waals surface area contributed by atoms with Gasteiger partial charge in [0.15, 0.2) is 17.3 Å². The molecule has 2 aromatic rings.